The molecule has 1 aromatic carbocycles. The zero-order chi connectivity index (χ0) is 13.2. The van der Waals surface area contributed by atoms with Gasteiger partial charge in [-0.1, -0.05) is 37.1 Å². The van der Waals surface area contributed by atoms with Crippen LogP contribution < -0.4 is 11.1 Å². The average Bonchev–Trinajstić information content (AvgIpc) is 2.36. The molecule has 3 heteroatoms. The van der Waals surface area contributed by atoms with E-state index in [2.05, 4.69) is 5.32 Å². The van der Waals surface area contributed by atoms with Crippen LogP contribution in [0.1, 0.15) is 36.8 Å². The molecule has 0 heterocycles. The fourth-order valence-electron chi connectivity index (χ4n) is 1.89. The second-order valence-corrected chi connectivity index (χ2v) is 4.66. The number of nitrogens with two attached hydrogens (primary N) is 1. The van der Waals surface area contributed by atoms with Crippen molar-refractivity contribution >= 4 is 5.91 Å². The highest BCUT2D eigenvalue weighted by atomic mass is 16.1. The van der Waals surface area contributed by atoms with E-state index in [0.29, 0.717) is 6.42 Å². The fourth-order valence-corrected chi connectivity index (χ4v) is 1.89. The third-order valence-electron chi connectivity index (χ3n) is 3.07. The Labute approximate surface area is 110 Å². The molecular formula is C15H24N2O. The summed E-state index contributed by atoms with van der Waals surface area (Å²) in [4.78, 5) is 11.7. The van der Waals surface area contributed by atoms with E-state index in [1.165, 1.54) is 5.56 Å². The smallest absolute Gasteiger partial charge is 0.224 e. The van der Waals surface area contributed by atoms with E-state index in [4.69, 9.17) is 5.73 Å². The molecule has 0 aliphatic rings. The predicted molar refractivity (Wildman–Crippen MR) is 75.4 cm³/mol. The van der Waals surface area contributed by atoms with Gasteiger partial charge in [0.2, 0.25) is 5.91 Å². The van der Waals surface area contributed by atoms with Crippen LogP contribution in [0.2, 0.25) is 0 Å². The van der Waals surface area contributed by atoms with Crippen LogP contribution in [0.25, 0.3) is 0 Å². The number of carbonyl (C=O) groups is 1. The molecule has 0 fully saturated rings. The van der Waals surface area contributed by atoms with Crippen molar-refractivity contribution in [3.63, 3.8) is 0 Å². The lowest BCUT2D eigenvalue weighted by molar-refractivity contribution is -0.120. The summed E-state index contributed by atoms with van der Waals surface area (Å²) in [5.41, 5.74) is 7.71. The minimum absolute atomic E-state index is 0.114. The maximum Gasteiger partial charge on any atom is 0.224 e. The molecule has 0 atom stereocenters. The number of nitrogens with one attached hydrogen (secondary N) is 1. The summed E-state index contributed by atoms with van der Waals surface area (Å²) in [6.07, 6.45) is 4.90. The van der Waals surface area contributed by atoms with Gasteiger partial charge in [0.25, 0.3) is 0 Å². The normalized spacial score (nSPS) is 10.3. The molecule has 1 amide bonds. The molecule has 0 bridgehead atoms. The van der Waals surface area contributed by atoms with E-state index < -0.39 is 0 Å². The van der Waals surface area contributed by atoms with Gasteiger partial charge in [0.05, 0.1) is 6.42 Å². The minimum Gasteiger partial charge on any atom is -0.356 e. The summed E-state index contributed by atoms with van der Waals surface area (Å²) in [7, 11) is 0. The Balaban J connectivity index is 2.16. The van der Waals surface area contributed by atoms with Gasteiger partial charge in [-0.05, 0) is 37.4 Å². The molecular weight excluding hydrogens is 224 g/mol. The molecule has 1 rings (SSSR count). The highest BCUT2D eigenvalue weighted by molar-refractivity contribution is 5.78. The zero-order valence-corrected chi connectivity index (χ0v) is 11.2. The molecule has 0 aliphatic heterocycles. The van der Waals surface area contributed by atoms with Crippen LogP contribution >= 0.6 is 0 Å². The van der Waals surface area contributed by atoms with E-state index in [0.717, 1.165) is 44.3 Å². The molecule has 0 unspecified atom stereocenters. The van der Waals surface area contributed by atoms with Crippen molar-refractivity contribution in [2.45, 2.75) is 39.0 Å². The van der Waals surface area contributed by atoms with E-state index in [1.54, 1.807) is 0 Å². The summed E-state index contributed by atoms with van der Waals surface area (Å²) in [5, 5.41) is 2.97. The van der Waals surface area contributed by atoms with Gasteiger partial charge < -0.3 is 11.1 Å². The molecule has 0 saturated carbocycles. The molecule has 1 aromatic rings. The van der Waals surface area contributed by atoms with Crippen molar-refractivity contribution in [3.8, 4) is 0 Å². The van der Waals surface area contributed by atoms with E-state index in [-0.39, 0.29) is 5.91 Å². The highest BCUT2D eigenvalue weighted by Crippen LogP contribution is 2.07. The van der Waals surface area contributed by atoms with Crippen molar-refractivity contribution in [1.82, 2.24) is 5.32 Å². The van der Waals surface area contributed by atoms with E-state index in [9.17, 15) is 4.79 Å². The second kappa shape index (κ2) is 8.70. The van der Waals surface area contributed by atoms with Crippen LogP contribution in [-0.2, 0) is 11.2 Å². The number of unbranched alkanes of at least 4 members (excludes halogenated alkanes) is 3. The SMILES string of the molecule is Cc1ccccc1CC(=O)NCCCCCCN. The molecule has 0 spiro atoms. The summed E-state index contributed by atoms with van der Waals surface area (Å²) in [6, 6.07) is 8.02. The summed E-state index contributed by atoms with van der Waals surface area (Å²) in [6.45, 7) is 3.57. The summed E-state index contributed by atoms with van der Waals surface area (Å²) < 4.78 is 0. The highest BCUT2D eigenvalue weighted by Gasteiger charge is 2.04. The fraction of sp³-hybridized carbons (Fsp3) is 0.533. The van der Waals surface area contributed by atoms with Crippen LogP contribution in [0, 0.1) is 6.92 Å². The first kappa shape index (κ1) is 14.7. The van der Waals surface area contributed by atoms with Crippen molar-refractivity contribution in [2.24, 2.45) is 5.73 Å². The third-order valence-corrected chi connectivity index (χ3v) is 3.07. The lowest BCUT2D eigenvalue weighted by Crippen LogP contribution is -2.26. The van der Waals surface area contributed by atoms with Crippen LogP contribution in [0.15, 0.2) is 24.3 Å². The quantitative estimate of drug-likeness (QED) is 0.693. The first-order valence-corrected chi connectivity index (χ1v) is 6.75. The van der Waals surface area contributed by atoms with Crippen LogP contribution in [0.5, 0.6) is 0 Å². The van der Waals surface area contributed by atoms with Gasteiger partial charge in [-0.2, -0.15) is 0 Å². The van der Waals surface area contributed by atoms with Gasteiger partial charge in [-0.25, -0.2) is 0 Å². The van der Waals surface area contributed by atoms with Gasteiger partial charge in [-0.3, -0.25) is 4.79 Å². The van der Waals surface area contributed by atoms with Crippen molar-refractivity contribution in [3.05, 3.63) is 35.4 Å². The van der Waals surface area contributed by atoms with Gasteiger partial charge in [0.1, 0.15) is 0 Å². The number of rotatable bonds is 8. The van der Waals surface area contributed by atoms with Gasteiger partial charge in [0.15, 0.2) is 0 Å². The Hall–Kier alpha value is -1.35. The lowest BCUT2D eigenvalue weighted by Gasteiger charge is -2.07. The Morgan fingerprint density at radius 1 is 1.17 bits per heavy atom. The Morgan fingerprint density at radius 2 is 1.89 bits per heavy atom. The number of carbonyl (C=O) groups excluding carboxylic acids is 1. The molecule has 100 valence electrons. The van der Waals surface area contributed by atoms with Crippen LogP contribution in [0.4, 0.5) is 0 Å². The molecule has 0 aliphatic carbocycles. The number of aryl methyl sites for hydroxylation is 1. The molecule has 0 aromatic heterocycles. The molecule has 18 heavy (non-hydrogen) atoms. The summed E-state index contributed by atoms with van der Waals surface area (Å²) in [5.74, 6) is 0.114. The second-order valence-electron chi connectivity index (χ2n) is 4.66. The Morgan fingerprint density at radius 3 is 2.61 bits per heavy atom. The van der Waals surface area contributed by atoms with E-state index in [1.807, 2.05) is 31.2 Å². The molecule has 0 saturated heterocycles. The van der Waals surface area contributed by atoms with Gasteiger partial charge in [0, 0.05) is 6.54 Å². The van der Waals surface area contributed by atoms with Gasteiger partial charge >= 0.3 is 0 Å². The molecule has 3 nitrogen and oxygen atoms in total. The minimum atomic E-state index is 0.114. The third kappa shape index (κ3) is 5.82. The zero-order valence-electron chi connectivity index (χ0n) is 11.2. The largest absolute Gasteiger partial charge is 0.356 e. The van der Waals surface area contributed by atoms with Crippen molar-refractivity contribution in [1.29, 1.82) is 0 Å². The van der Waals surface area contributed by atoms with Gasteiger partial charge in [-0.15, -0.1) is 0 Å². The maximum atomic E-state index is 11.7. The van der Waals surface area contributed by atoms with Crippen LogP contribution in [-0.4, -0.2) is 19.0 Å². The molecule has 3 N–H and O–H groups in total. The van der Waals surface area contributed by atoms with Crippen LogP contribution in [0.3, 0.4) is 0 Å². The number of amides is 1. The summed E-state index contributed by atoms with van der Waals surface area (Å²) >= 11 is 0. The van der Waals surface area contributed by atoms with E-state index >= 15 is 0 Å². The standard InChI is InChI=1S/C15H24N2O/c1-13-8-4-5-9-14(13)12-15(18)17-11-7-3-2-6-10-16/h4-5,8-9H,2-3,6-7,10-12,16H2,1H3,(H,17,18). The van der Waals surface area contributed by atoms with Crippen molar-refractivity contribution in [2.75, 3.05) is 13.1 Å². The average molecular weight is 248 g/mol. The Kier molecular flexibility index (Phi) is 7.11. The lowest BCUT2D eigenvalue weighted by atomic mass is 10.1. The number of benzene rings is 1. The number of hydrogen-bond acceptors (Lipinski definition) is 2. The number of hydrogen-bond donors (Lipinski definition) is 2. The topological polar surface area (TPSA) is 55.1 Å². The monoisotopic (exact) mass is 248 g/mol. The first-order valence-electron chi connectivity index (χ1n) is 6.75. The predicted octanol–water partition coefficient (Wildman–Crippen LogP) is 2.17. The molecule has 0 radical (unpaired) electrons. The van der Waals surface area contributed by atoms with Crippen molar-refractivity contribution < 1.29 is 4.79 Å². The Bertz CT molecular complexity index is 363. The first-order chi connectivity index (χ1) is 8.74. The maximum absolute atomic E-state index is 11.7.